The average Bonchev–Trinajstić information content (AvgIpc) is 2.14. The van der Waals surface area contributed by atoms with E-state index in [2.05, 4.69) is 0 Å². The lowest BCUT2D eigenvalue weighted by Crippen LogP contribution is -2.25. The molecule has 0 fully saturated rings. The maximum atomic E-state index is 11.8. The number of ether oxygens (including phenoxy) is 1. The van der Waals surface area contributed by atoms with Crippen molar-refractivity contribution in [3.05, 3.63) is 29.3 Å². The second kappa shape index (κ2) is 4.61. The van der Waals surface area contributed by atoms with Crippen LogP contribution >= 0.6 is 0 Å². The first kappa shape index (κ1) is 13.3. The van der Waals surface area contributed by atoms with Gasteiger partial charge in [0.2, 0.25) is 0 Å². The molecule has 1 aromatic carbocycles. The van der Waals surface area contributed by atoms with Gasteiger partial charge in [-0.25, -0.2) is 9.59 Å². The van der Waals surface area contributed by atoms with Crippen LogP contribution in [0.4, 0.5) is 0 Å². The highest BCUT2D eigenvalue weighted by atomic mass is 16.6. The highest BCUT2D eigenvalue weighted by Gasteiger charge is 2.22. The smallest absolute Gasteiger partial charge is 0.339 e. The minimum Gasteiger partial charge on any atom is -0.478 e. The molecular formula is C12H13BO4. The van der Waals surface area contributed by atoms with Gasteiger partial charge in [-0.15, -0.1) is 0 Å². The van der Waals surface area contributed by atoms with Crippen LogP contribution in [0, 0.1) is 0 Å². The Morgan fingerprint density at radius 2 is 1.82 bits per heavy atom. The number of hydrogen-bond acceptors (Lipinski definition) is 3. The Labute approximate surface area is 101 Å². The van der Waals surface area contributed by atoms with Crippen molar-refractivity contribution in [3.8, 4) is 0 Å². The van der Waals surface area contributed by atoms with Crippen molar-refractivity contribution < 1.29 is 19.4 Å². The van der Waals surface area contributed by atoms with Gasteiger partial charge in [-0.3, -0.25) is 0 Å². The standard InChI is InChI=1S/C12H13BO4/c1-12(2,3)17-11(16)8-5-4-7(13)6-9(8)10(14)15/h4-6H,1-3H3,(H,14,15). The molecule has 5 heteroatoms. The van der Waals surface area contributed by atoms with Gasteiger partial charge < -0.3 is 9.84 Å². The number of benzene rings is 1. The molecule has 0 spiro atoms. The number of esters is 1. The summed E-state index contributed by atoms with van der Waals surface area (Å²) in [4.78, 5) is 22.8. The van der Waals surface area contributed by atoms with Crippen molar-refractivity contribution in [2.75, 3.05) is 0 Å². The first-order chi connectivity index (χ1) is 7.70. The number of hydrogen-bond donors (Lipinski definition) is 1. The zero-order valence-electron chi connectivity index (χ0n) is 9.98. The molecule has 1 aromatic rings. The van der Waals surface area contributed by atoms with Gasteiger partial charge >= 0.3 is 11.9 Å². The monoisotopic (exact) mass is 232 g/mol. The lowest BCUT2D eigenvalue weighted by molar-refractivity contribution is 0.00659. The van der Waals surface area contributed by atoms with E-state index in [1.54, 1.807) is 20.8 Å². The average molecular weight is 232 g/mol. The summed E-state index contributed by atoms with van der Waals surface area (Å²) in [5, 5.41) is 8.97. The molecule has 0 saturated heterocycles. The van der Waals surface area contributed by atoms with E-state index in [4.69, 9.17) is 17.7 Å². The molecule has 0 aliphatic heterocycles. The second-order valence-electron chi connectivity index (χ2n) is 4.61. The SMILES string of the molecule is [B]c1ccc(C(=O)OC(C)(C)C)c(C(=O)O)c1. The zero-order valence-corrected chi connectivity index (χ0v) is 9.98. The minimum absolute atomic E-state index is 0.00150. The Bertz CT molecular complexity index is 460. The van der Waals surface area contributed by atoms with Crippen LogP contribution in [0.3, 0.4) is 0 Å². The fourth-order valence-corrected chi connectivity index (χ4v) is 1.25. The van der Waals surface area contributed by atoms with E-state index in [1.807, 2.05) is 0 Å². The fourth-order valence-electron chi connectivity index (χ4n) is 1.25. The van der Waals surface area contributed by atoms with Crippen molar-refractivity contribution in [1.82, 2.24) is 0 Å². The van der Waals surface area contributed by atoms with Crippen LogP contribution in [0.1, 0.15) is 41.5 Å². The molecule has 0 aliphatic carbocycles. The van der Waals surface area contributed by atoms with Crippen molar-refractivity contribution in [2.24, 2.45) is 0 Å². The summed E-state index contributed by atoms with van der Waals surface area (Å²) in [6, 6.07) is 4.06. The van der Waals surface area contributed by atoms with Gasteiger partial charge in [-0.2, -0.15) is 0 Å². The minimum atomic E-state index is -1.21. The lowest BCUT2D eigenvalue weighted by Gasteiger charge is -2.20. The molecule has 88 valence electrons. The summed E-state index contributed by atoms with van der Waals surface area (Å²) < 4.78 is 5.11. The summed E-state index contributed by atoms with van der Waals surface area (Å²) in [5.74, 6) is -1.88. The van der Waals surface area contributed by atoms with E-state index < -0.39 is 17.5 Å². The van der Waals surface area contributed by atoms with Gasteiger partial charge in [-0.05, 0) is 26.8 Å². The molecule has 0 heterocycles. The first-order valence-corrected chi connectivity index (χ1v) is 5.07. The quantitative estimate of drug-likeness (QED) is 0.613. The van der Waals surface area contributed by atoms with Crippen molar-refractivity contribution in [2.45, 2.75) is 26.4 Å². The molecule has 0 atom stereocenters. The van der Waals surface area contributed by atoms with Gasteiger partial charge in [0, 0.05) is 0 Å². The summed E-state index contributed by atoms with van der Waals surface area (Å²) in [6.45, 7) is 5.13. The normalized spacial score (nSPS) is 11.0. The van der Waals surface area contributed by atoms with Crippen molar-refractivity contribution in [3.63, 3.8) is 0 Å². The lowest BCUT2D eigenvalue weighted by atomic mass is 9.92. The number of carboxylic acid groups (broad SMARTS) is 1. The van der Waals surface area contributed by atoms with E-state index >= 15 is 0 Å². The molecule has 0 saturated carbocycles. The molecular weight excluding hydrogens is 219 g/mol. The summed E-state index contributed by atoms with van der Waals surface area (Å²) >= 11 is 0. The summed E-state index contributed by atoms with van der Waals surface area (Å²) in [7, 11) is 5.48. The number of carbonyl (C=O) groups excluding carboxylic acids is 1. The molecule has 1 rings (SSSR count). The molecule has 0 aliphatic rings. The van der Waals surface area contributed by atoms with Crippen LogP contribution in [0.25, 0.3) is 0 Å². The van der Waals surface area contributed by atoms with Gasteiger partial charge in [0.1, 0.15) is 13.4 Å². The summed E-state index contributed by atoms with van der Waals surface area (Å²) in [5.41, 5.74) is -0.538. The Kier molecular flexibility index (Phi) is 3.61. The number of carbonyl (C=O) groups is 2. The summed E-state index contributed by atoms with van der Waals surface area (Å²) in [6.07, 6.45) is 0. The second-order valence-corrected chi connectivity index (χ2v) is 4.61. The predicted octanol–water partition coefficient (Wildman–Crippen LogP) is 1.13. The zero-order chi connectivity index (χ0) is 13.2. The molecule has 0 amide bonds. The van der Waals surface area contributed by atoms with Crippen LogP contribution in [-0.2, 0) is 4.74 Å². The van der Waals surface area contributed by atoms with E-state index in [0.717, 1.165) is 0 Å². The first-order valence-electron chi connectivity index (χ1n) is 5.07. The van der Waals surface area contributed by atoms with Crippen LogP contribution in [0.15, 0.2) is 18.2 Å². The van der Waals surface area contributed by atoms with E-state index in [-0.39, 0.29) is 16.6 Å². The maximum Gasteiger partial charge on any atom is 0.339 e. The third kappa shape index (κ3) is 3.62. The Morgan fingerprint density at radius 1 is 1.24 bits per heavy atom. The van der Waals surface area contributed by atoms with Crippen LogP contribution in [-0.4, -0.2) is 30.5 Å². The molecule has 0 aromatic heterocycles. The Morgan fingerprint density at radius 3 is 2.29 bits per heavy atom. The maximum absolute atomic E-state index is 11.8. The van der Waals surface area contributed by atoms with E-state index in [0.29, 0.717) is 0 Å². The highest BCUT2D eigenvalue weighted by Crippen LogP contribution is 2.14. The van der Waals surface area contributed by atoms with Crippen molar-refractivity contribution >= 4 is 25.2 Å². The molecule has 0 unspecified atom stereocenters. The largest absolute Gasteiger partial charge is 0.478 e. The van der Waals surface area contributed by atoms with Gasteiger partial charge in [0.25, 0.3) is 0 Å². The molecule has 4 nitrogen and oxygen atoms in total. The Hall–Kier alpha value is -1.78. The van der Waals surface area contributed by atoms with E-state index in [9.17, 15) is 9.59 Å². The number of rotatable bonds is 2. The van der Waals surface area contributed by atoms with Crippen LogP contribution in [0.2, 0.25) is 0 Å². The van der Waals surface area contributed by atoms with Crippen molar-refractivity contribution in [1.29, 1.82) is 0 Å². The number of aromatic carboxylic acids is 1. The van der Waals surface area contributed by atoms with Gasteiger partial charge in [0.05, 0.1) is 11.1 Å². The molecule has 2 radical (unpaired) electrons. The van der Waals surface area contributed by atoms with Gasteiger partial charge in [-0.1, -0.05) is 17.6 Å². The predicted molar refractivity (Wildman–Crippen MR) is 64.0 cm³/mol. The highest BCUT2D eigenvalue weighted by molar-refractivity contribution is 6.33. The fraction of sp³-hybridized carbons (Fsp3) is 0.333. The van der Waals surface area contributed by atoms with Crippen LogP contribution in [0.5, 0.6) is 0 Å². The third-order valence-electron chi connectivity index (χ3n) is 1.89. The molecule has 17 heavy (non-hydrogen) atoms. The van der Waals surface area contributed by atoms with Gasteiger partial charge in [0.15, 0.2) is 0 Å². The topological polar surface area (TPSA) is 63.6 Å². The van der Waals surface area contributed by atoms with E-state index in [1.165, 1.54) is 18.2 Å². The number of carboxylic acids is 1. The Balaban J connectivity index is 3.14. The van der Waals surface area contributed by atoms with Crippen LogP contribution < -0.4 is 5.46 Å². The molecule has 1 N–H and O–H groups in total. The third-order valence-corrected chi connectivity index (χ3v) is 1.89. The molecule has 0 bridgehead atoms.